The second-order valence-corrected chi connectivity index (χ2v) is 11.9. The smallest absolute Gasteiger partial charge is 0.352 e. The number of β-lactam (4-membered cyclic amide) rings is 1. The fourth-order valence-corrected chi connectivity index (χ4v) is 6.73. The molecule has 4 aliphatic heterocycles. The molecule has 17 heteroatoms. The Labute approximate surface area is 270 Å². The summed E-state index contributed by atoms with van der Waals surface area (Å²) in [5.74, 6) is -2.77. The topological polar surface area (TPSA) is 216 Å². The zero-order chi connectivity index (χ0) is 33.0. The number of carboxylic acid groups (broad SMARTS) is 1. The molecule has 4 aliphatic rings. The lowest BCUT2D eigenvalue weighted by Crippen LogP contribution is -2.71. The lowest BCUT2D eigenvalue weighted by Gasteiger charge is -2.49. The number of anilines is 1. The first-order chi connectivity index (χ1) is 22.1. The molecular formula is C29H27N9O6S2. The van der Waals surface area contributed by atoms with Crippen LogP contribution in [0.25, 0.3) is 0 Å². The second kappa shape index (κ2) is 13.7. The van der Waals surface area contributed by atoms with Crippen molar-refractivity contribution in [2.45, 2.75) is 25.3 Å². The molecule has 0 unspecified atom stereocenters. The van der Waals surface area contributed by atoms with Crippen molar-refractivity contribution in [3.05, 3.63) is 81.5 Å². The first-order valence-electron chi connectivity index (χ1n) is 13.8. The van der Waals surface area contributed by atoms with Gasteiger partial charge in [-0.3, -0.25) is 29.6 Å². The lowest BCUT2D eigenvalue weighted by molar-refractivity contribution is -0.150. The van der Waals surface area contributed by atoms with Crippen LogP contribution in [-0.4, -0.2) is 85.8 Å². The van der Waals surface area contributed by atoms with Crippen molar-refractivity contribution in [3.63, 3.8) is 0 Å². The number of carboxylic acids is 1. The average Bonchev–Trinajstić information content (AvgIpc) is 3.65. The van der Waals surface area contributed by atoms with Crippen LogP contribution in [0.5, 0.6) is 0 Å². The number of hydrogen-bond donors (Lipinski definition) is 4. The summed E-state index contributed by atoms with van der Waals surface area (Å²) in [6.07, 6.45) is 14.0. The molecule has 3 amide bonds. The van der Waals surface area contributed by atoms with Crippen LogP contribution < -0.4 is 16.4 Å². The van der Waals surface area contributed by atoms with Gasteiger partial charge in [0.25, 0.3) is 17.7 Å². The number of aliphatic imine (C=N–C) groups is 1. The Morgan fingerprint density at radius 1 is 1.33 bits per heavy atom. The third-order valence-electron chi connectivity index (χ3n) is 7.06. The third kappa shape index (κ3) is 6.34. The number of nitriles is 1. The number of allylic oxidation sites excluding steroid dienone is 6. The minimum atomic E-state index is -1.25. The Morgan fingerprint density at radius 3 is 2.74 bits per heavy atom. The number of thiazole rings is 1. The molecule has 5 N–H and O–H groups in total. The van der Waals surface area contributed by atoms with E-state index in [1.807, 2.05) is 29.5 Å². The van der Waals surface area contributed by atoms with Gasteiger partial charge >= 0.3 is 5.97 Å². The number of hydrogen-bond acceptors (Lipinski definition) is 13. The summed E-state index contributed by atoms with van der Waals surface area (Å²) >= 11 is 2.46. The summed E-state index contributed by atoms with van der Waals surface area (Å²) in [6.45, 7) is 4.07. The number of nitrogen functional groups attached to an aromatic ring is 1. The molecule has 1 fully saturated rings. The summed E-state index contributed by atoms with van der Waals surface area (Å²) in [6, 6.07) is -0.965. The number of carbonyl (C=O) groups excluding carboxylic acids is 3. The second-order valence-electron chi connectivity index (χ2n) is 9.87. The fourth-order valence-electron chi connectivity index (χ4n) is 4.87. The predicted molar refractivity (Wildman–Crippen MR) is 170 cm³/mol. The van der Waals surface area contributed by atoms with E-state index in [1.54, 1.807) is 43.8 Å². The molecule has 1 aromatic heterocycles. The highest BCUT2D eigenvalue weighted by atomic mass is 32.2. The molecule has 1 aromatic rings. The SMILES string of the molecule is CCO/N=C(\C(=O)N[C@@H]1C(=O)N2C(C(=O)O)=C(/C=C/CN3C=CC(=C4C=NC(C(=O)NC#N)=C4C)C=C3)CS[C@H]12)c1csc(N)n1. The largest absolute Gasteiger partial charge is 0.477 e. The van der Waals surface area contributed by atoms with Gasteiger partial charge in [0.2, 0.25) is 0 Å². The number of aliphatic carboxylic acids is 1. The molecule has 236 valence electrons. The van der Waals surface area contributed by atoms with Crippen LogP contribution in [0.1, 0.15) is 19.5 Å². The Kier molecular flexibility index (Phi) is 9.49. The van der Waals surface area contributed by atoms with Gasteiger partial charge < -0.3 is 25.9 Å². The molecular weight excluding hydrogens is 635 g/mol. The molecule has 2 atom stereocenters. The van der Waals surface area contributed by atoms with Crippen molar-refractivity contribution in [2.75, 3.05) is 24.6 Å². The summed E-state index contributed by atoms with van der Waals surface area (Å²) < 4.78 is 0. The molecule has 5 heterocycles. The average molecular weight is 662 g/mol. The highest BCUT2D eigenvalue weighted by Gasteiger charge is 2.54. The maximum atomic E-state index is 13.1. The molecule has 0 spiro atoms. The van der Waals surface area contributed by atoms with Crippen LogP contribution in [-0.2, 0) is 24.0 Å². The zero-order valence-corrected chi connectivity index (χ0v) is 26.1. The van der Waals surface area contributed by atoms with Crippen LogP contribution in [0.2, 0.25) is 0 Å². The van der Waals surface area contributed by atoms with E-state index in [-0.39, 0.29) is 34.5 Å². The van der Waals surface area contributed by atoms with Crippen molar-refractivity contribution in [1.82, 2.24) is 25.4 Å². The van der Waals surface area contributed by atoms with Crippen LogP contribution in [0.4, 0.5) is 5.13 Å². The Hall–Kier alpha value is -5.47. The number of thioether (sulfide) groups is 1. The first kappa shape index (κ1) is 31.9. The van der Waals surface area contributed by atoms with Crippen molar-refractivity contribution in [1.29, 1.82) is 5.26 Å². The standard InChI is InChI=1S/C29H27N9O6S2/c1-3-44-36-21(19-13-46-29(31)34-19)25(40)35-22-26(41)38-23(28(42)43)17(12-45-27(22)38)5-4-8-37-9-6-16(7-10-37)18-11-32-20(15(18)2)24(39)33-14-30/h4-7,9-11,13,22,27H,3,8,12H2,1-2H3,(H2,31,34)(H,33,39)(H,35,40)(H,42,43)/b5-4+,36-21-/t22-,27-/m1/s1. The van der Waals surface area contributed by atoms with Gasteiger partial charge in [0, 0.05) is 41.9 Å². The highest BCUT2D eigenvalue weighted by Crippen LogP contribution is 2.40. The van der Waals surface area contributed by atoms with E-state index in [9.17, 15) is 24.3 Å². The van der Waals surface area contributed by atoms with E-state index >= 15 is 0 Å². The lowest BCUT2D eigenvalue weighted by atomic mass is 10.0. The molecule has 0 saturated carbocycles. The van der Waals surface area contributed by atoms with E-state index < -0.39 is 35.1 Å². The van der Waals surface area contributed by atoms with E-state index in [0.717, 1.165) is 22.5 Å². The molecule has 0 aromatic carbocycles. The summed E-state index contributed by atoms with van der Waals surface area (Å²) in [4.78, 5) is 66.8. The van der Waals surface area contributed by atoms with Crippen molar-refractivity contribution in [2.24, 2.45) is 10.1 Å². The number of nitrogens with zero attached hydrogens (tertiary/aromatic N) is 6. The summed E-state index contributed by atoms with van der Waals surface area (Å²) in [5, 5.41) is 28.4. The Morgan fingerprint density at radius 2 is 2.09 bits per heavy atom. The Balaban J connectivity index is 1.24. The Bertz CT molecular complexity index is 1780. The number of amides is 3. The van der Waals surface area contributed by atoms with E-state index in [0.29, 0.717) is 23.4 Å². The number of fused-ring (bicyclic) bond motifs is 1. The first-order valence-corrected chi connectivity index (χ1v) is 15.7. The van der Waals surface area contributed by atoms with Gasteiger partial charge in [-0.2, -0.15) is 5.26 Å². The van der Waals surface area contributed by atoms with Gasteiger partial charge in [-0.15, -0.1) is 23.1 Å². The van der Waals surface area contributed by atoms with Crippen molar-refractivity contribution in [3.8, 4) is 6.19 Å². The van der Waals surface area contributed by atoms with Crippen LogP contribution in [0, 0.1) is 11.5 Å². The van der Waals surface area contributed by atoms with Gasteiger partial charge in [-0.1, -0.05) is 17.3 Å². The number of rotatable bonds is 10. The normalized spacial score (nSPS) is 20.7. The molecule has 46 heavy (non-hydrogen) atoms. The van der Waals surface area contributed by atoms with Gasteiger partial charge in [-0.25, -0.2) is 9.78 Å². The van der Waals surface area contributed by atoms with E-state index in [1.165, 1.54) is 16.7 Å². The van der Waals surface area contributed by atoms with E-state index in [4.69, 9.17) is 15.8 Å². The number of oxime groups is 1. The van der Waals surface area contributed by atoms with Gasteiger partial charge in [0.1, 0.15) is 35.1 Å². The monoisotopic (exact) mass is 661 g/mol. The quantitative estimate of drug-likeness (QED) is 0.0923. The number of carbonyl (C=O) groups is 4. The molecule has 0 aliphatic carbocycles. The van der Waals surface area contributed by atoms with Crippen LogP contribution in [0.3, 0.4) is 0 Å². The summed E-state index contributed by atoms with van der Waals surface area (Å²) in [7, 11) is 0. The molecule has 5 rings (SSSR count). The molecule has 0 bridgehead atoms. The number of nitrogens with one attached hydrogen (secondary N) is 2. The van der Waals surface area contributed by atoms with Gasteiger partial charge in [-0.05, 0) is 42.7 Å². The summed E-state index contributed by atoms with van der Waals surface area (Å²) in [5.41, 5.74) is 8.50. The van der Waals surface area contributed by atoms with Crippen LogP contribution in [0.15, 0.2) is 85.9 Å². The maximum Gasteiger partial charge on any atom is 0.352 e. The minimum absolute atomic E-state index is 0.137. The molecule has 0 radical (unpaired) electrons. The third-order valence-corrected chi connectivity index (χ3v) is 9.03. The van der Waals surface area contributed by atoms with Crippen molar-refractivity contribution < 1.29 is 29.1 Å². The molecule has 1 saturated heterocycles. The maximum absolute atomic E-state index is 13.1. The van der Waals surface area contributed by atoms with Crippen LogP contribution >= 0.6 is 23.1 Å². The highest BCUT2D eigenvalue weighted by molar-refractivity contribution is 8.00. The fraction of sp³-hybridized carbons (Fsp3) is 0.241. The van der Waals surface area contributed by atoms with E-state index in [2.05, 4.69) is 25.8 Å². The van der Waals surface area contributed by atoms with Crippen molar-refractivity contribution >= 4 is 63.8 Å². The minimum Gasteiger partial charge on any atom is -0.477 e. The predicted octanol–water partition coefficient (Wildman–Crippen LogP) is 1.36. The van der Waals surface area contributed by atoms with Gasteiger partial charge in [0.15, 0.2) is 17.0 Å². The molecule has 15 nitrogen and oxygen atoms in total. The zero-order valence-electron chi connectivity index (χ0n) is 24.5. The number of nitrogens with two attached hydrogens (primary N) is 1. The number of aromatic nitrogens is 1. The van der Waals surface area contributed by atoms with Gasteiger partial charge in [0.05, 0.1) is 0 Å².